The molecule has 0 aliphatic carbocycles. The average molecular weight is 263 g/mol. The monoisotopic (exact) mass is 263 g/mol. The Labute approximate surface area is 113 Å². The Balaban J connectivity index is 1.94. The van der Waals surface area contributed by atoms with E-state index in [1.807, 2.05) is 24.3 Å². The second-order valence-electron chi connectivity index (χ2n) is 5.49. The summed E-state index contributed by atoms with van der Waals surface area (Å²) in [4.78, 5) is 11.6. The highest BCUT2D eigenvalue weighted by Gasteiger charge is 2.34. The Kier molecular flexibility index (Phi) is 3.82. The molecule has 0 bridgehead atoms. The number of carbonyl (C=O) groups excluding carboxylic acids is 1. The summed E-state index contributed by atoms with van der Waals surface area (Å²) in [5, 5.41) is 12.4. The lowest BCUT2D eigenvalue weighted by molar-refractivity contribution is 0.0498. The van der Waals surface area contributed by atoms with Crippen LogP contribution in [-0.4, -0.2) is 30.4 Å². The van der Waals surface area contributed by atoms with Crippen molar-refractivity contribution in [1.29, 1.82) is 0 Å². The van der Waals surface area contributed by atoms with Crippen LogP contribution in [0.2, 0.25) is 0 Å². The number of carbonyl (C=O) groups is 1. The van der Waals surface area contributed by atoms with E-state index in [2.05, 4.69) is 5.32 Å². The molecule has 1 aliphatic heterocycles. The van der Waals surface area contributed by atoms with Crippen LogP contribution in [0.15, 0.2) is 24.3 Å². The summed E-state index contributed by atoms with van der Waals surface area (Å²) < 4.78 is 10.5. The van der Waals surface area contributed by atoms with Gasteiger partial charge < -0.3 is 19.7 Å². The van der Waals surface area contributed by atoms with Gasteiger partial charge in [-0.15, -0.1) is 0 Å². The molecule has 0 unspecified atom stereocenters. The van der Waals surface area contributed by atoms with E-state index in [0.29, 0.717) is 0 Å². The van der Waals surface area contributed by atoms with Crippen molar-refractivity contribution in [3.8, 4) is 0 Å². The van der Waals surface area contributed by atoms with Crippen LogP contribution in [0.3, 0.4) is 0 Å². The highest BCUT2D eigenvalue weighted by molar-refractivity contribution is 6.61. The molecule has 0 saturated heterocycles. The summed E-state index contributed by atoms with van der Waals surface area (Å²) in [6.45, 7) is 5.68. The topological polar surface area (TPSA) is 67.8 Å². The van der Waals surface area contributed by atoms with Crippen LogP contribution >= 0.6 is 0 Å². The van der Waals surface area contributed by atoms with Crippen molar-refractivity contribution in [2.24, 2.45) is 0 Å². The first kappa shape index (κ1) is 13.9. The van der Waals surface area contributed by atoms with Crippen molar-refractivity contribution >= 4 is 18.7 Å². The molecule has 1 heterocycles. The van der Waals surface area contributed by atoms with Gasteiger partial charge in [0.05, 0.1) is 6.10 Å². The molecule has 0 spiro atoms. The minimum atomic E-state index is -0.929. The number of amides is 1. The Bertz CT molecular complexity index is 472. The fourth-order valence-electron chi connectivity index (χ4n) is 1.98. The third kappa shape index (κ3) is 3.48. The SMILES string of the molecule is CC(C)(C)OC(=O)NC[C@H]1OB(O)c2ccccc21. The highest BCUT2D eigenvalue weighted by Crippen LogP contribution is 2.22. The van der Waals surface area contributed by atoms with Crippen molar-refractivity contribution in [2.75, 3.05) is 6.54 Å². The predicted octanol–water partition coefficient (Wildman–Crippen LogP) is 0.970. The molecule has 19 heavy (non-hydrogen) atoms. The number of alkyl carbamates (subject to hydrolysis) is 1. The quantitative estimate of drug-likeness (QED) is 0.780. The maximum atomic E-state index is 11.6. The summed E-state index contributed by atoms with van der Waals surface area (Å²) in [6.07, 6.45) is -0.839. The summed E-state index contributed by atoms with van der Waals surface area (Å²) in [5.41, 5.74) is 1.11. The van der Waals surface area contributed by atoms with Gasteiger partial charge in [-0.3, -0.25) is 0 Å². The van der Waals surface area contributed by atoms with Gasteiger partial charge in [0, 0.05) is 6.54 Å². The van der Waals surface area contributed by atoms with Gasteiger partial charge >= 0.3 is 13.2 Å². The normalized spacial score (nSPS) is 18.1. The molecule has 1 aromatic rings. The first-order valence-electron chi connectivity index (χ1n) is 6.26. The van der Waals surface area contributed by atoms with Gasteiger partial charge in [-0.1, -0.05) is 24.3 Å². The van der Waals surface area contributed by atoms with Gasteiger partial charge in [-0.25, -0.2) is 4.79 Å². The Morgan fingerprint density at radius 2 is 2.16 bits per heavy atom. The molecule has 2 N–H and O–H groups in total. The molecule has 2 rings (SSSR count). The lowest BCUT2D eigenvalue weighted by Crippen LogP contribution is -2.35. The van der Waals surface area contributed by atoms with Gasteiger partial charge in [0.25, 0.3) is 0 Å². The zero-order chi connectivity index (χ0) is 14.0. The smallest absolute Gasteiger partial charge is 0.444 e. The Morgan fingerprint density at radius 1 is 1.47 bits per heavy atom. The van der Waals surface area contributed by atoms with E-state index in [-0.39, 0.29) is 12.6 Å². The number of ether oxygens (including phenoxy) is 1. The maximum Gasteiger partial charge on any atom is 0.492 e. The number of benzene rings is 1. The summed E-state index contributed by atoms with van der Waals surface area (Å²) in [5.74, 6) is 0. The van der Waals surface area contributed by atoms with Crippen LogP contribution in [0.1, 0.15) is 32.4 Å². The van der Waals surface area contributed by atoms with Crippen LogP contribution in [0, 0.1) is 0 Å². The molecule has 6 heteroatoms. The van der Waals surface area contributed by atoms with Crippen molar-refractivity contribution in [2.45, 2.75) is 32.5 Å². The van der Waals surface area contributed by atoms with Gasteiger partial charge in [-0.05, 0) is 31.8 Å². The number of fused-ring (bicyclic) bond motifs is 1. The minimum absolute atomic E-state index is 0.267. The lowest BCUT2D eigenvalue weighted by atomic mass is 9.79. The van der Waals surface area contributed by atoms with E-state index in [9.17, 15) is 9.82 Å². The second-order valence-corrected chi connectivity index (χ2v) is 5.49. The zero-order valence-electron chi connectivity index (χ0n) is 11.3. The fourth-order valence-corrected chi connectivity index (χ4v) is 1.98. The van der Waals surface area contributed by atoms with Gasteiger partial charge in [-0.2, -0.15) is 0 Å². The molecular formula is C13H18BNO4. The van der Waals surface area contributed by atoms with Crippen molar-refractivity contribution in [1.82, 2.24) is 5.32 Å². The molecule has 0 aromatic heterocycles. The molecule has 1 aliphatic rings. The molecule has 0 saturated carbocycles. The molecular weight excluding hydrogens is 245 g/mol. The van der Waals surface area contributed by atoms with E-state index in [0.717, 1.165) is 11.0 Å². The summed E-state index contributed by atoms with van der Waals surface area (Å²) >= 11 is 0. The minimum Gasteiger partial charge on any atom is -0.444 e. The highest BCUT2D eigenvalue weighted by atomic mass is 16.6. The maximum absolute atomic E-state index is 11.6. The third-order valence-electron chi connectivity index (χ3n) is 2.73. The van der Waals surface area contributed by atoms with Gasteiger partial charge in [0.2, 0.25) is 0 Å². The molecule has 0 radical (unpaired) electrons. The Hall–Kier alpha value is -1.53. The standard InChI is InChI=1S/C13H18BNO4/c1-13(2,3)18-12(16)15-8-11-9-6-4-5-7-10(9)14(17)19-11/h4-7,11,17H,8H2,1-3H3,(H,15,16)/t11-/m1/s1. The van der Waals surface area contributed by atoms with Crippen molar-refractivity contribution < 1.29 is 19.2 Å². The zero-order valence-corrected chi connectivity index (χ0v) is 11.3. The molecule has 5 nitrogen and oxygen atoms in total. The number of nitrogens with one attached hydrogen (secondary N) is 1. The van der Waals surface area contributed by atoms with E-state index in [1.165, 1.54) is 0 Å². The van der Waals surface area contributed by atoms with E-state index in [1.54, 1.807) is 20.8 Å². The first-order chi connectivity index (χ1) is 8.87. The lowest BCUT2D eigenvalue weighted by Gasteiger charge is -2.21. The average Bonchev–Trinajstić information content (AvgIpc) is 2.62. The van der Waals surface area contributed by atoms with Crippen LogP contribution in [0.4, 0.5) is 4.79 Å². The molecule has 0 fully saturated rings. The van der Waals surface area contributed by atoms with E-state index >= 15 is 0 Å². The summed E-state index contributed by atoms with van der Waals surface area (Å²) in [6, 6.07) is 7.41. The molecule has 1 amide bonds. The van der Waals surface area contributed by atoms with Crippen molar-refractivity contribution in [3.05, 3.63) is 29.8 Å². The number of rotatable bonds is 2. The van der Waals surface area contributed by atoms with Crippen LogP contribution in [-0.2, 0) is 9.39 Å². The molecule has 1 atom stereocenters. The number of hydrogen-bond donors (Lipinski definition) is 2. The second kappa shape index (κ2) is 5.23. The predicted molar refractivity (Wildman–Crippen MR) is 72.1 cm³/mol. The molecule has 1 aromatic carbocycles. The van der Waals surface area contributed by atoms with Crippen LogP contribution in [0.5, 0.6) is 0 Å². The van der Waals surface area contributed by atoms with Crippen molar-refractivity contribution in [3.63, 3.8) is 0 Å². The van der Waals surface area contributed by atoms with E-state index in [4.69, 9.17) is 9.39 Å². The largest absolute Gasteiger partial charge is 0.492 e. The number of hydrogen-bond acceptors (Lipinski definition) is 4. The van der Waals surface area contributed by atoms with E-state index < -0.39 is 18.8 Å². The summed E-state index contributed by atoms with van der Waals surface area (Å²) in [7, 11) is -0.929. The third-order valence-corrected chi connectivity index (χ3v) is 2.73. The fraction of sp³-hybridized carbons (Fsp3) is 0.462. The Morgan fingerprint density at radius 3 is 2.84 bits per heavy atom. The van der Waals surface area contributed by atoms with Gasteiger partial charge in [0.1, 0.15) is 5.60 Å². The first-order valence-corrected chi connectivity index (χ1v) is 6.26. The van der Waals surface area contributed by atoms with Gasteiger partial charge in [0.15, 0.2) is 0 Å². The van der Waals surface area contributed by atoms with Crippen LogP contribution in [0.25, 0.3) is 0 Å². The molecule has 102 valence electrons. The van der Waals surface area contributed by atoms with Crippen LogP contribution < -0.4 is 10.8 Å².